The first-order chi connectivity index (χ1) is 12.0. The molecule has 128 valence electrons. The molecule has 0 aliphatic heterocycles. The van der Waals surface area contributed by atoms with Gasteiger partial charge in [-0.1, -0.05) is 29.8 Å². The molecule has 4 N–H and O–H groups in total. The van der Waals surface area contributed by atoms with Crippen molar-refractivity contribution in [2.45, 2.75) is 20.3 Å². The van der Waals surface area contributed by atoms with Crippen LogP contribution in [0.2, 0.25) is 0 Å². The third kappa shape index (κ3) is 4.14. The molecule has 1 heterocycles. The van der Waals surface area contributed by atoms with Crippen LogP contribution >= 0.6 is 0 Å². The van der Waals surface area contributed by atoms with Gasteiger partial charge in [0.15, 0.2) is 0 Å². The van der Waals surface area contributed by atoms with Crippen LogP contribution in [0, 0.1) is 13.8 Å². The van der Waals surface area contributed by atoms with E-state index in [0.29, 0.717) is 12.2 Å². The molecule has 0 spiro atoms. The van der Waals surface area contributed by atoms with Crippen molar-refractivity contribution in [3.8, 4) is 11.3 Å². The van der Waals surface area contributed by atoms with Crippen LogP contribution in [0.1, 0.15) is 16.7 Å². The first-order valence-corrected chi connectivity index (χ1v) is 8.24. The molecule has 0 aliphatic rings. The van der Waals surface area contributed by atoms with E-state index in [-0.39, 0.29) is 12.6 Å². The van der Waals surface area contributed by atoms with Crippen LogP contribution < -0.4 is 11.1 Å². The summed E-state index contributed by atoms with van der Waals surface area (Å²) in [6.45, 7) is 4.26. The summed E-state index contributed by atoms with van der Waals surface area (Å²) in [6.07, 6.45) is 0.650. The van der Waals surface area contributed by atoms with Crippen LogP contribution in [-0.2, 0) is 6.42 Å². The van der Waals surface area contributed by atoms with E-state index in [1.54, 1.807) is 0 Å². The Labute approximate surface area is 147 Å². The normalized spacial score (nSPS) is 10.7. The molecule has 0 radical (unpaired) electrons. The topological polar surface area (TPSA) is 84.1 Å². The maximum Gasteiger partial charge on any atom is 0.222 e. The van der Waals surface area contributed by atoms with Gasteiger partial charge < -0.3 is 16.2 Å². The second-order valence-electron chi connectivity index (χ2n) is 6.11. The highest BCUT2D eigenvalue weighted by atomic mass is 16.2. The van der Waals surface area contributed by atoms with Crippen LogP contribution in [0.25, 0.3) is 11.3 Å². The quantitative estimate of drug-likeness (QED) is 0.663. The molecule has 0 saturated carbocycles. The molecule has 0 saturated heterocycles. The van der Waals surface area contributed by atoms with Gasteiger partial charge in [-0.15, -0.1) is 0 Å². The number of aliphatic hydroxyl groups excluding tert-OH is 1. The molecule has 0 atom stereocenters. The predicted molar refractivity (Wildman–Crippen MR) is 102 cm³/mol. The SMILES string of the molecule is Cc1ccc(C)c(-c2cc(Nc3ccc(CCO)cc3)nc(N)n2)c1. The van der Waals surface area contributed by atoms with E-state index in [2.05, 4.69) is 47.3 Å². The molecule has 2 aromatic carbocycles. The molecule has 5 nitrogen and oxygen atoms in total. The molecule has 0 unspecified atom stereocenters. The molecular formula is C20H22N4O. The fourth-order valence-corrected chi connectivity index (χ4v) is 2.71. The Bertz CT molecular complexity index is 875. The van der Waals surface area contributed by atoms with Crippen LogP contribution in [0.4, 0.5) is 17.5 Å². The minimum atomic E-state index is 0.147. The lowest BCUT2D eigenvalue weighted by Gasteiger charge is -2.11. The number of nitrogens with one attached hydrogen (secondary N) is 1. The van der Waals surface area contributed by atoms with Crippen molar-refractivity contribution in [1.29, 1.82) is 0 Å². The average molecular weight is 334 g/mol. The summed E-state index contributed by atoms with van der Waals surface area (Å²) < 4.78 is 0. The number of nitrogen functional groups attached to an aromatic ring is 1. The Morgan fingerprint density at radius 2 is 1.76 bits per heavy atom. The van der Waals surface area contributed by atoms with Gasteiger partial charge in [-0.25, -0.2) is 4.98 Å². The lowest BCUT2D eigenvalue weighted by Crippen LogP contribution is -2.02. The van der Waals surface area contributed by atoms with Crippen molar-refractivity contribution < 1.29 is 5.11 Å². The summed E-state index contributed by atoms with van der Waals surface area (Å²) in [5, 5.41) is 12.3. The lowest BCUT2D eigenvalue weighted by atomic mass is 10.0. The summed E-state index contributed by atoms with van der Waals surface area (Å²) in [7, 11) is 0. The zero-order chi connectivity index (χ0) is 17.8. The molecule has 0 aliphatic carbocycles. The van der Waals surface area contributed by atoms with Gasteiger partial charge in [0.1, 0.15) is 5.82 Å². The maximum atomic E-state index is 8.99. The first-order valence-electron chi connectivity index (χ1n) is 8.24. The highest BCUT2D eigenvalue weighted by Crippen LogP contribution is 2.26. The molecule has 0 fully saturated rings. The minimum Gasteiger partial charge on any atom is -0.396 e. The molecule has 1 aromatic heterocycles. The van der Waals surface area contributed by atoms with Gasteiger partial charge in [-0.05, 0) is 49.6 Å². The zero-order valence-corrected chi connectivity index (χ0v) is 14.5. The van der Waals surface area contributed by atoms with Gasteiger partial charge in [0.05, 0.1) is 5.69 Å². The number of nitrogens with zero attached hydrogens (tertiary/aromatic N) is 2. The second-order valence-corrected chi connectivity index (χ2v) is 6.11. The van der Waals surface area contributed by atoms with Crippen molar-refractivity contribution in [1.82, 2.24) is 9.97 Å². The monoisotopic (exact) mass is 334 g/mol. The van der Waals surface area contributed by atoms with E-state index < -0.39 is 0 Å². The molecule has 3 aromatic rings. The van der Waals surface area contributed by atoms with Crippen molar-refractivity contribution in [2.75, 3.05) is 17.7 Å². The van der Waals surface area contributed by atoms with Crippen LogP contribution in [0.3, 0.4) is 0 Å². The van der Waals surface area contributed by atoms with E-state index in [1.807, 2.05) is 30.3 Å². The fraction of sp³-hybridized carbons (Fsp3) is 0.200. The molecule has 3 rings (SSSR count). The number of aliphatic hydroxyl groups is 1. The number of nitrogens with two attached hydrogens (primary N) is 1. The van der Waals surface area contributed by atoms with Crippen LogP contribution in [-0.4, -0.2) is 21.7 Å². The predicted octanol–water partition coefficient (Wildman–Crippen LogP) is 3.62. The summed E-state index contributed by atoms with van der Waals surface area (Å²) in [5.74, 6) is 0.885. The third-order valence-electron chi connectivity index (χ3n) is 4.04. The van der Waals surface area contributed by atoms with E-state index in [1.165, 1.54) is 5.56 Å². The van der Waals surface area contributed by atoms with Crippen LogP contribution in [0.5, 0.6) is 0 Å². The summed E-state index contributed by atoms with van der Waals surface area (Å²) in [5.41, 5.74) is 12.1. The standard InChI is InChI=1S/C20H22N4O/c1-13-3-4-14(2)17(11-13)18-12-19(24-20(21)23-18)22-16-7-5-15(6-8-16)9-10-25/h3-8,11-12,25H,9-10H2,1-2H3,(H3,21,22,23,24). The van der Waals surface area contributed by atoms with E-state index in [0.717, 1.165) is 28.1 Å². The molecule has 0 bridgehead atoms. The number of aryl methyl sites for hydroxylation is 2. The lowest BCUT2D eigenvalue weighted by molar-refractivity contribution is 0.299. The summed E-state index contributed by atoms with van der Waals surface area (Å²) >= 11 is 0. The molecule has 5 heteroatoms. The summed E-state index contributed by atoms with van der Waals surface area (Å²) in [4.78, 5) is 8.67. The number of anilines is 3. The number of rotatable bonds is 5. The van der Waals surface area contributed by atoms with Crippen molar-refractivity contribution in [3.05, 3.63) is 65.2 Å². The number of hydrogen-bond donors (Lipinski definition) is 3. The van der Waals surface area contributed by atoms with E-state index >= 15 is 0 Å². The number of aromatic nitrogens is 2. The van der Waals surface area contributed by atoms with Crippen molar-refractivity contribution in [3.63, 3.8) is 0 Å². The third-order valence-corrected chi connectivity index (χ3v) is 4.04. The zero-order valence-electron chi connectivity index (χ0n) is 14.5. The number of benzene rings is 2. The smallest absolute Gasteiger partial charge is 0.222 e. The Hall–Kier alpha value is -2.92. The van der Waals surface area contributed by atoms with Gasteiger partial charge in [-0.2, -0.15) is 4.98 Å². The Kier molecular flexibility index (Phi) is 4.95. The highest BCUT2D eigenvalue weighted by Gasteiger charge is 2.08. The highest BCUT2D eigenvalue weighted by molar-refractivity contribution is 5.70. The maximum absolute atomic E-state index is 8.99. The molecule has 25 heavy (non-hydrogen) atoms. The van der Waals surface area contributed by atoms with Gasteiger partial charge in [0.2, 0.25) is 5.95 Å². The van der Waals surface area contributed by atoms with E-state index in [4.69, 9.17) is 10.8 Å². The molecular weight excluding hydrogens is 312 g/mol. The summed E-state index contributed by atoms with van der Waals surface area (Å²) in [6, 6.07) is 16.0. The second kappa shape index (κ2) is 7.32. The Morgan fingerprint density at radius 3 is 2.48 bits per heavy atom. The minimum absolute atomic E-state index is 0.147. The average Bonchev–Trinajstić information content (AvgIpc) is 2.58. The Morgan fingerprint density at radius 1 is 1.00 bits per heavy atom. The first kappa shape index (κ1) is 16.9. The Balaban J connectivity index is 1.90. The van der Waals surface area contributed by atoms with Crippen LogP contribution in [0.15, 0.2) is 48.5 Å². The van der Waals surface area contributed by atoms with Gasteiger partial charge in [0, 0.05) is 23.9 Å². The fourth-order valence-electron chi connectivity index (χ4n) is 2.71. The van der Waals surface area contributed by atoms with Crippen molar-refractivity contribution >= 4 is 17.5 Å². The van der Waals surface area contributed by atoms with E-state index in [9.17, 15) is 0 Å². The van der Waals surface area contributed by atoms with Crippen molar-refractivity contribution in [2.24, 2.45) is 0 Å². The molecule has 0 amide bonds. The largest absolute Gasteiger partial charge is 0.396 e. The van der Waals surface area contributed by atoms with Gasteiger partial charge >= 0.3 is 0 Å². The number of hydrogen-bond acceptors (Lipinski definition) is 5. The van der Waals surface area contributed by atoms with Gasteiger partial charge in [0.25, 0.3) is 0 Å². The van der Waals surface area contributed by atoms with Gasteiger partial charge in [-0.3, -0.25) is 0 Å².